The fraction of sp³-hybridized carbons (Fsp3) is 0.143. The monoisotopic (exact) mass is 299 g/mol. The Bertz CT molecular complexity index is 870. The molecule has 112 valence electrons. The van der Waals surface area contributed by atoms with Crippen molar-refractivity contribution in [3.8, 4) is 11.1 Å². The summed E-state index contributed by atoms with van der Waals surface area (Å²) in [5, 5.41) is 24.9. The summed E-state index contributed by atoms with van der Waals surface area (Å²) < 4.78 is 1.54. The van der Waals surface area contributed by atoms with Crippen LogP contribution in [0.3, 0.4) is 0 Å². The van der Waals surface area contributed by atoms with Crippen molar-refractivity contribution in [3.05, 3.63) is 46.1 Å². The van der Waals surface area contributed by atoms with Gasteiger partial charge in [0.1, 0.15) is 0 Å². The first-order valence-corrected chi connectivity index (χ1v) is 6.49. The molecule has 2 heterocycles. The highest BCUT2D eigenvalue weighted by molar-refractivity contribution is 6.00. The highest BCUT2D eigenvalue weighted by atomic mass is 16.6. The maximum absolute atomic E-state index is 10.7. The van der Waals surface area contributed by atoms with E-state index in [2.05, 4.69) is 10.1 Å². The minimum Gasteiger partial charge on any atom is -0.390 e. The zero-order valence-electron chi connectivity index (χ0n) is 11.7. The Morgan fingerprint density at radius 1 is 1.36 bits per heavy atom. The molecule has 0 saturated heterocycles. The Morgan fingerprint density at radius 3 is 2.64 bits per heavy atom. The topological polar surface area (TPSA) is 120 Å². The second-order valence-electron chi connectivity index (χ2n) is 4.83. The van der Waals surface area contributed by atoms with Gasteiger partial charge < -0.3 is 10.8 Å². The van der Waals surface area contributed by atoms with Gasteiger partial charge in [-0.05, 0) is 29.3 Å². The van der Waals surface area contributed by atoms with Gasteiger partial charge in [-0.3, -0.25) is 10.1 Å². The normalized spacial score (nSPS) is 11.0. The smallest absolute Gasteiger partial charge is 0.269 e. The molecule has 8 heteroatoms. The van der Waals surface area contributed by atoms with Crippen molar-refractivity contribution in [2.75, 3.05) is 5.73 Å². The Hall–Kier alpha value is -3.00. The Kier molecular flexibility index (Phi) is 3.22. The number of nitro benzene ring substituents is 1. The van der Waals surface area contributed by atoms with Crippen LogP contribution >= 0.6 is 0 Å². The molecule has 0 aliphatic rings. The lowest BCUT2D eigenvalue weighted by atomic mass is 10.0. The predicted molar refractivity (Wildman–Crippen MR) is 80.9 cm³/mol. The summed E-state index contributed by atoms with van der Waals surface area (Å²) in [6.07, 6.45) is 0. The van der Waals surface area contributed by atoms with Gasteiger partial charge in [0.25, 0.3) is 5.69 Å². The van der Waals surface area contributed by atoms with Gasteiger partial charge in [0.05, 0.1) is 22.6 Å². The fourth-order valence-corrected chi connectivity index (χ4v) is 2.40. The van der Waals surface area contributed by atoms with Gasteiger partial charge in [-0.2, -0.15) is 5.10 Å². The number of non-ortho nitro benzene ring substituents is 1. The van der Waals surface area contributed by atoms with Crippen molar-refractivity contribution in [2.45, 2.75) is 6.61 Å². The number of rotatable bonds is 3. The summed E-state index contributed by atoms with van der Waals surface area (Å²) in [6.45, 7) is -0.221. The van der Waals surface area contributed by atoms with Crippen molar-refractivity contribution < 1.29 is 10.0 Å². The van der Waals surface area contributed by atoms with Gasteiger partial charge in [-0.1, -0.05) is 0 Å². The first-order valence-electron chi connectivity index (χ1n) is 6.49. The average Bonchev–Trinajstić information content (AvgIpc) is 2.81. The van der Waals surface area contributed by atoms with Crippen LogP contribution in [0.1, 0.15) is 5.69 Å². The van der Waals surface area contributed by atoms with Crippen molar-refractivity contribution in [1.82, 2.24) is 14.8 Å². The number of nitrogens with zero attached hydrogens (tertiary/aromatic N) is 4. The number of anilines is 1. The molecular weight excluding hydrogens is 286 g/mol. The number of aromatic nitrogens is 3. The molecule has 0 fully saturated rings. The van der Waals surface area contributed by atoms with Gasteiger partial charge in [-0.15, -0.1) is 0 Å². The molecule has 1 aromatic carbocycles. The minimum atomic E-state index is -0.455. The van der Waals surface area contributed by atoms with Gasteiger partial charge in [-0.25, -0.2) is 9.67 Å². The number of hydrogen-bond donors (Lipinski definition) is 2. The SMILES string of the molecule is Cn1nc(N)c2c(-c3ccc([N+](=O)[O-])cc3)cc(CO)nc21. The number of aryl methyl sites for hydroxylation is 1. The highest BCUT2D eigenvalue weighted by Gasteiger charge is 2.16. The summed E-state index contributed by atoms with van der Waals surface area (Å²) in [5.41, 5.74) is 8.45. The largest absolute Gasteiger partial charge is 0.390 e. The van der Waals surface area contributed by atoms with Crippen molar-refractivity contribution in [1.29, 1.82) is 0 Å². The molecule has 0 spiro atoms. The summed E-state index contributed by atoms with van der Waals surface area (Å²) in [4.78, 5) is 14.6. The van der Waals surface area contributed by atoms with E-state index in [1.165, 1.54) is 12.1 Å². The number of pyridine rings is 1. The van der Waals surface area contributed by atoms with Crippen LogP contribution in [0.4, 0.5) is 11.5 Å². The van der Waals surface area contributed by atoms with E-state index < -0.39 is 4.92 Å². The lowest BCUT2D eigenvalue weighted by molar-refractivity contribution is -0.384. The second kappa shape index (κ2) is 5.08. The summed E-state index contributed by atoms with van der Waals surface area (Å²) in [6, 6.07) is 7.84. The number of aliphatic hydroxyl groups is 1. The average molecular weight is 299 g/mol. The first-order chi connectivity index (χ1) is 10.5. The van der Waals surface area contributed by atoms with E-state index in [0.717, 1.165) is 11.1 Å². The molecular formula is C14H13N5O3. The Morgan fingerprint density at radius 2 is 2.05 bits per heavy atom. The lowest BCUT2D eigenvalue weighted by Gasteiger charge is -2.07. The molecule has 0 bridgehead atoms. The van der Waals surface area contributed by atoms with Crippen LogP contribution in [-0.4, -0.2) is 24.8 Å². The highest BCUT2D eigenvalue weighted by Crippen LogP contribution is 2.33. The third-order valence-corrected chi connectivity index (χ3v) is 3.42. The number of nitro groups is 1. The fourth-order valence-electron chi connectivity index (χ4n) is 2.40. The molecule has 0 aliphatic carbocycles. The zero-order chi connectivity index (χ0) is 15.9. The number of hydrogen-bond acceptors (Lipinski definition) is 6. The second-order valence-corrected chi connectivity index (χ2v) is 4.83. The van der Waals surface area contributed by atoms with Crippen LogP contribution in [0, 0.1) is 10.1 Å². The maximum Gasteiger partial charge on any atom is 0.269 e. The Labute approximate surface area is 125 Å². The molecule has 0 radical (unpaired) electrons. The third-order valence-electron chi connectivity index (χ3n) is 3.42. The minimum absolute atomic E-state index is 0.00981. The van der Waals surface area contributed by atoms with Gasteiger partial charge in [0, 0.05) is 19.2 Å². The van der Waals surface area contributed by atoms with E-state index in [-0.39, 0.29) is 12.3 Å². The number of aliphatic hydroxyl groups excluding tert-OH is 1. The third kappa shape index (κ3) is 2.15. The molecule has 3 N–H and O–H groups in total. The molecule has 0 saturated carbocycles. The molecule has 22 heavy (non-hydrogen) atoms. The van der Waals surface area contributed by atoms with Crippen LogP contribution in [-0.2, 0) is 13.7 Å². The quantitative estimate of drug-likeness (QED) is 0.560. The summed E-state index contributed by atoms with van der Waals surface area (Å²) in [5.74, 6) is 0.322. The van der Waals surface area contributed by atoms with Crippen LogP contribution in [0.2, 0.25) is 0 Å². The summed E-state index contributed by atoms with van der Waals surface area (Å²) >= 11 is 0. The molecule has 3 rings (SSSR count). The standard InChI is InChI=1S/C14H13N5O3/c1-18-14-12(13(15)17-18)11(6-9(7-20)16-14)8-2-4-10(5-3-8)19(21)22/h2-6,20H,7H2,1H3,(H2,15,17). The maximum atomic E-state index is 10.7. The zero-order valence-corrected chi connectivity index (χ0v) is 11.7. The van der Waals surface area contributed by atoms with Crippen LogP contribution < -0.4 is 5.73 Å². The lowest BCUT2D eigenvalue weighted by Crippen LogP contribution is -1.97. The molecule has 2 aromatic heterocycles. The van der Waals surface area contributed by atoms with E-state index in [0.29, 0.717) is 22.5 Å². The molecule has 8 nitrogen and oxygen atoms in total. The van der Waals surface area contributed by atoms with Crippen molar-refractivity contribution in [3.63, 3.8) is 0 Å². The molecule has 0 amide bonds. The number of nitrogens with two attached hydrogens (primary N) is 1. The Balaban J connectivity index is 2.26. The predicted octanol–water partition coefficient (Wildman–Crippen LogP) is 1.62. The van der Waals surface area contributed by atoms with E-state index in [9.17, 15) is 15.2 Å². The van der Waals surface area contributed by atoms with Gasteiger partial charge in [0.15, 0.2) is 11.5 Å². The number of benzene rings is 1. The molecule has 0 unspecified atom stereocenters. The van der Waals surface area contributed by atoms with Gasteiger partial charge >= 0.3 is 0 Å². The van der Waals surface area contributed by atoms with E-state index >= 15 is 0 Å². The summed E-state index contributed by atoms with van der Waals surface area (Å²) in [7, 11) is 1.71. The molecule has 0 aliphatic heterocycles. The van der Waals surface area contributed by atoms with E-state index in [4.69, 9.17) is 5.73 Å². The van der Waals surface area contributed by atoms with Crippen LogP contribution in [0.25, 0.3) is 22.2 Å². The molecule has 3 aromatic rings. The number of fused-ring (bicyclic) bond motifs is 1. The van der Waals surface area contributed by atoms with Crippen LogP contribution in [0.5, 0.6) is 0 Å². The van der Waals surface area contributed by atoms with E-state index in [1.807, 2.05) is 0 Å². The first kappa shape index (κ1) is 14.0. The van der Waals surface area contributed by atoms with Crippen LogP contribution in [0.15, 0.2) is 30.3 Å². The van der Waals surface area contributed by atoms with Crippen molar-refractivity contribution >= 4 is 22.5 Å². The van der Waals surface area contributed by atoms with Crippen molar-refractivity contribution in [2.24, 2.45) is 7.05 Å². The van der Waals surface area contributed by atoms with E-state index in [1.54, 1.807) is 29.9 Å². The molecule has 0 atom stereocenters. The number of nitrogen functional groups attached to an aromatic ring is 1. The van der Waals surface area contributed by atoms with Gasteiger partial charge in [0.2, 0.25) is 0 Å².